The second-order valence-corrected chi connectivity index (χ2v) is 6.02. The molecule has 0 bridgehead atoms. The van der Waals surface area contributed by atoms with Gasteiger partial charge in [-0.2, -0.15) is 0 Å². The standard InChI is InChI=1S/C15H20BrN3O3/c1-9(2)14(18-10(3)20)15(22)17-8-13(21)19-12-7-5-4-6-11(12)16/h4-7,9,14H,8H2,1-3H3,(H,17,22)(H,18,20)(H,19,21)/t14-/m0/s1. The number of nitrogens with one attached hydrogen (secondary N) is 3. The number of benzene rings is 1. The fourth-order valence-electron chi connectivity index (χ4n) is 1.79. The Balaban J connectivity index is 2.53. The topological polar surface area (TPSA) is 87.3 Å². The molecule has 0 aliphatic carbocycles. The van der Waals surface area contributed by atoms with E-state index >= 15 is 0 Å². The fraction of sp³-hybridized carbons (Fsp3) is 0.400. The molecule has 0 fully saturated rings. The van der Waals surface area contributed by atoms with Crippen LogP contribution in [0, 0.1) is 5.92 Å². The summed E-state index contributed by atoms with van der Waals surface area (Å²) in [7, 11) is 0. The van der Waals surface area contributed by atoms with E-state index in [0.29, 0.717) is 5.69 Å². The molecule has 0 aromatic heterocycles. The molecular formula is C15H20BrN3O3. The minimum absolute atomic E-state index is 0.0739. The van der Waals surface area contributed by atoms with Crippen molar-refractivity contribution in [2.45, 2.75) is 26.8 Å². The molecule has 0 aliphatic rings. The van der Waals surface area contributed by atoms with E-state index in [1.807, 2.05) is 19.9 Å². The smallest absolute Gasteiger partial charge is 0.243 e. The lowest BCUT2D eigenvalue weighted by Gasteiger charge is -2.20. The van der Waals surface area contributed by atoms with E-state index in [9.17, 15) is 14.4 Å². The van der Waals surface area contributed by atoms with E-state index in [1.165, 1.54) is 6.92 Å². The molecule has 0 aliphatic heterocycles. The molecule has 7 heteroatoms. The van der Waals surface area contributed by atoms with Crippen molar-refractivity contribution in [1.82, 2.24) is 10.6 Å². The van der Waals surface area contributed by atoms with Crippen molar-refractivity contribution in [1.29, 1.82) is 0 Å². The third-order valence-electron chi connectivity index (χ3n) is 2.88. The molecule has 0 spiro atoms. The van der Waals surface area contributed by atoms with Gasteiger partial charge < -0.3 is 16.0 Å². The number of anilines is 1. The van der Waals surface area contributed by atoms with Crippen LogP contribution in [0.3, 0.4) is 0 Å². The van der Waals surface area contributed by atoms with E-state index in [-0.39, 0.29) is 30.2 Å². The Bertz CT molecular complexity index is 561. The molecule has 1 atom stereocenters. The Hall–Kier alpha value is -1.89. The van der Waals surface area contributed by atoms with Crippen LogP contribution in [-0.2, 0) is 14.4 Å². The maximum absolute atomic E-state index is 12.0. The zero-order valence-electron chi connectivity index (χ0n) is 12.8. The number of hydrogen-bond donors (Lipinski definition) is 3. The quantitative estimate of drug-likeness (QED) is 0.712. The van der Waals surface area contributed by atoms with Crippen molar-refractivity contribution in [2.24, 2.45) is 5.92 Å². The minimum Gasteiger partial charge on any atom is -0.345 e. The number of halogens is 1. The predicted molar refractivity (Wildman–Crippen MR) is 88.2 cm³/mol. The van der Waals surface area contributed by atoms with Gasteiger partial charge in [0.1, 0.15) is 6.04 Å². The number of amides is 3. The molecule has 1 rings (SSSR count). The van der Waals surface area contributed by atoms with Crippen molar-refractivity contribution >= 4 is 39.3 Å². The Labute approximate surface area is 138 Å². The number of para-hydroxylation sites is 1. The Morgan fingerprint density at radius 2 is 1.82 bits per heavy atom. The van der Waals surface area contributed by atoms with E-state index in [0.717, 1.165) is 4.47 Å². The van der Waals surface area contributed by atoms with E-state index in [1.54, 1.807) is 18.2 Å². The zero-order valence-corrected chi connectivity index (χ0v) is 14.4. The summed E-state index contributed by atoms with van der Waals surface area (Å²) in [5.41, 5.74) is 0.629. The second kappa shape index (κ2) is 8.53. The van der Waals surface area contributed by atoms with Gasteiger partial charge in [0, 0.05) is 11.4 Å². The van der Waals surface area contributed by atoms with Gasteiger partial charge in [-0.05, 0) is 34.0 Å². The van der Waals surface area contributed by atoms with Gasteiger partial charge in [-0.1, -0.05) is 26.0 Å². The molecule has 0 radical (unpaired) electrons. The first-order valence-corrected chi connectivity index (χ1v) is 7.69. The SMILES string of the molecule is CC(=O)N[C@H](C(=O)NCC(=O)Nc1ccccc1Br)C(C)C. The number of carbonyl (C=O) groups is 3. The Morgan fingerprint density at radius 3 is 2.36 bits per heavy atom. The highest BCUT2D eigenvalue weighted by Crippen LogP contribution is 2.20. The second-order valence-electron chi connectivity index (χ2n) is 5.17. The lowest BCUT2D eigenvalue weighted by molar-refractivity contribution is -0.130. The molecule has 0 heterocycles. The summed E-state index contributed by atoms with van der Waals surface area (Å²) in [5.74, 6) is -1.08. The lowest BCUT2D eigenvalue weighted by Crippen LogP contribution is -2.50. The zero-order chi connectivity index (χ0) is 16.7. The molecule has 1 aromatic rings. The van der Waals surface area contributed by atoms with Crippen LogP contribution >= 0.6 is 15.9 Å². The van der Waals surface area contributed by atoms with Gasteiger partial charge in [0.15, 0.2) is 0 Å². The molecule has 120 valence electrons. The first kappa shape index (κ1) is 18.2. The van der Waals surface area contributed by atoms with E-state index < -0.39 is 6.04 Å². The van der Waals surface area contributed by atoms with Gasteiger partial charge in [0.25, 0.3) is 0 Å². The Kier molecular flexibility index (Phi) is 7.04. The van der Waals surface area contributed by atoms with Crippen LogP contribution in [0.15, 0.2) is 28.7 Å². The van der Waals surface area contributed by atoms with Crippen LogP contribution in [0.25, 0.3) is 0 Å². The summed E-state index contributed by atoms with van der Waals surface area (Å²) < 4.78 is 0.757. The summed E-state index contributed by atoms with van der Waals surface area (Å²) in [4.78, 5) is 35.0. The van der Waals surface area contributed by atoms with Crippen LogP contribution in [-0.4, -0.2) is 30.3 Å². The average Bonchev–Trinajstić information content (AvgIpc) is 2.44. The third-order valence-corrected chi connectivity index (χ3v) is 3.57. The molecule has 0 unspecified atom stereocenters. The van der Waals surface area contributed by atoms with Crippen LogP contribution in [0.4, 0.5) is 5.69 Å². The fourth-order valence-corrected chi connectivity index (χ4v) is 2.17. The summed E-state index contributed by atoms with van der Waals surface area (Å²) in [6.45, 7) is 4.83. The molecule has 0 saturated heterocycles. The molecule has 6 nitrogen and oxygen atoms in total. The minimum atomic E-state index is -0.659. The number of rotatable bonds is 6. The van der Waals surface area contributed by atoms with Gasteiger partial charge in [-0.15, -0.1) is 0 Å². The molecule has 0 saturated carbocycles. The normalized spacial score (nSPS) is 11.7. The molecule has 3 N–H and O–H groups in total. The van der Waals surface area contributed by atoms with Gasteiger partial charge >= 0.3 is 0 Å². The van der Waals surface area contributed by atoms with E-state index in [2.05, 4.69) is 31.9 Å². The highest BCUT2D eigenvalue weighted by atomic mass is 79.9. The van der Waals surface area contributed by atoms with Crippen molar-refractivity contribution in [3.05, 3.63) is 28.7 Å². The average molecular weight is 370 g/mol. The maximum atomic E-state index is 12.0. The van der Waals surface area contributed by atoms with Crippen molar-refractivity contribution in [2.75, 3.05) is 11.9 Å². The van der Waals surface area contributed by atoms with Gasteiger partial charge in [0.05, 0.1) is 12.2 Å². The summed E-state index contributed by atoms with van der Waals surface area (Å²) >= 11 is 3.32. The Morgan fingerprint density at radius 1 is 1.18 bits per heavy atom. The van der Waals surface area contributed by atoms with Gasteiger partial charge in [-0.3, -0.25) is 14.4 Å². The molecular weight excluding hydrogens is 350 g/mol. The monoisotopic (exact) mass is 369 g/mol. The highest BCUT2D eigenvalue weighted by molar-refractivity contribution is 9.10. The summed E-state index contributed by atoms with van der Waals surface area (Å²) in [6, 6.07) is 6.53. The van der Waals surface area contributed by atoms with E-state index in [4.69, 9.17) is 0 Å². The van der Waals surface area contributed by atoms with Gasteiger partial charge in [0.2, 0.25) is 17.7 Å². The van der Waals surface area contributed by atoms with Crippen LogP contribution in [0.1, 0.15) is 20.8 Å². The highest BCUT2D eigenvalue weighted by Gasteiger charge is 2.23. The summed E-state index contributed by atoms with van der Waals surface area (Å²) in [5, 5.41) is 7.79. The third kappa shape index (κ3) is 5.85. The first-order chi connectivity index (χ1) is 10.3. The van der Waals surface area contributed by atoms with Crippen molar-refractivity contribution in [3.63, 3.8) is 0 Å². The number of carbonyl (C=O) groups excluding carboxylic acids is 3. The molecule has 1 aromatic carbocycles. The molecule has 3 amide bonds. The van der Waals surface area contributed by atoms with Crippen LogP contribution in [0.2, 0.25) is 0 Å². The maximum Gasteiger partial charge on any atom is 0.243 e. The summed E-state index contributed by atoms with van der Waals surface area (Å²) in [6.07, 6.45) is 0. The largest absolute Gasteiger partial charge is 0.345 e. The van der Waals surface area contributed by atoms with Crippen LogP contribution in [0.5, 0.6) is 0 Å². The predicted octanol–water partition coefficient (Wildman–Crippen LogP) is 1.66. The van der Waals surface area contributed by atoms with Crippen molar-refractivity contribution < 1.29 is 14.4 Å². The van der Waals surface area contributed by atoms with Gasteiger partial charge in [-0.25, -0.2) is 0 Å². The number of hydrogen-bond acceptors (Lipinski definition) is 3. The first-order valence-electron chi connectivity index (χ1n) is 6.90. The molecule has 22 heavy (non-hydrogen) atoms. The van der Waals surface area contributed by atoms with Crippen molar-refractivity contribution in [3.8, 4) is 0 Å². The lowest BCUT2D eigenvalue weighted by atomic mass is 10.0. The van der Waals surface area contributed by atoms with Crippen LogP contribution < -0.4 is 16.0 Å².